The average molecular weight is 319 g/mol. The number of hydrogen-bond donors (Lipinski definition) is 0. The van der Waals surface area contributed by atoms with Crippen LogP contribution in [0.25, 0.3) is 5.65 Å². The number of nitrogens with zero attached hydrogens (tertiary/aromatic N) is 5. The quantitative estimate of drug-likeness (QED) is 0.741. The van der Waals surface area contributed by atoms with Gasteiger partial charge in [0.05, 0.1) is 0 Å². The van der Waals surface area contributed by atoms with Crippen molar-refractivity contribution in [3.8, 4) is 0 Å². The molecular weight excluding hydrogens is 298 g/mol. The molecule has 1 aromatic carbocycles. The van der Waals surface area contributed by atoms with Crippen LogP contribution in [0.2, 0.25) is 0 Å². The fourth-order valence-corrected chi connectivity index (χ4v) is 3.78. The standard InChI is InChI=1S/C19H21N5/c1-2-5-14(6-3-1)13-16-7-4-12-23(16)18-11-10-17-20-21-19(15-8-9-15)24(17)22-18/h1-3,5-6,10-11,15-16H,4,7-9,12-13H2. The second-order valence-electron chi connectivity index (χ2n) is 6.97. The number of rotatable bonds is 4. The smallest absolute Gasteiger partial charge is 0.178 e. The minimum Gasteiger partial charge on any atom is -0.352 e. The first-order valence-corrected chi connectivity index (χ1v) is 8.91. The molecule has 5 nitrogen and oxygen atoms in total. The molecule has 3 aromatic rings. The van der Waals surface area contributed by atoms with Crippen LogP contribution in [0.5, 0.6) is 0 Å². The third kappa shape index (κ3) is 2.44. The van der Waals surface area contributed by atoms with Crippen molar-refractivity contribution in [3.05, 3.63) is 53.9 Å². The van der Waals surface area contributed by atoms with Crippen LogP contribution in [0.15, 0.2) is 42.5 Å². The highest BCUT2D eigenvalue weighted by atomic mass is 15.4. The topological polar surface area (TPSA) is 46.3 Å². The minimum absolute atomic E-state index is 0.526. The average Bonchev–Trinajstić information content (AvgIpc) is 3.21. The van der Waals surface area contributed by atoms with E-state index in [1.54, 1.807) is 0 Å². The molecule has 1 saturated heterocycles. The van der Waals surface area contributed by atoms with Gasteiger partial charge in [0.2, 0.25) is 0 Å². The molecule has 24 heavy (non-hydrogen) atoms. The summed E-state index contributed by atoms with van der Waals surface area (Å²) < 4.78 is 1.96. The fraction of sp³-hybridized carbons (Fsp3) is 0.421. The van der Waals surface area contributed by atoms with Gasteiger partial charge < -0.3 is 4.90 Å². The molecule has 2 aliphatic rings. The molecule has 5 heteroatoms. The zero-order chi connectivity index (χ0) is 15.9. The van der Waals surface area contributed by atoms with Crippen LogP contribution in [0, 0.1) is 0 Å². The lowest BCUT2D eigenvalue weighted by atomic mass is 10.0. The van der Waals surface area contributed by atoms with Crippen LogP contribution in [-0.4, -0.2) is 32.4 Å². The number of aromatic nitrogens is 4. The van der Waals surface area contributed by atoms with E-state index in [9.17, 15) is 0 Å². The van der Waals surface area contributed by atoms with Crippen molar-refractivity contribution in [3.63, 3.8) is 0 Å². The fourth-order valence-electron chi connectivity index (χ4n) is 3.78. The van der Waals surface area contributed by atoms with Gasteiger partial charge in [-0.2, -0.15) is 4.52 Å². The van der Waals surface area contributed by atoms with E-state index in [2.05, 4.69) is 57.6 Å². The van der Waals surface area contributed by atoms with Gasteiger partial charge in [0.1, 0.15) is 5.82 Å². The van der Waals surface area contributed by atoms with Crippen LogP contribution >= 0.6 is 0 Å². The molecule has 0 bridgehead atoms. The molecule has 0 amide bonds. The summed E-state index contributed by atoms with van der Waals surface area (Å²) in [6.45, 7) is 1.08. The van der Waals surface area contributed by atoms with Crippen molar-refractivity contribution in [1.82, 2.24) is 19.8 Å². The van der Waals surface area contributed by atoms with Crippen LogP contribution in [-0.2, 0) is 6.42 Å². The van der Waals surface area contributed by atoms with E-state index >= 15 is 0 Å². The van der Waals surface area contributed by atoms with Crippen molar-refractivity contribution in [1.29, 1.82) is 0 Å². The lowest BCUT2D eigenvalue weighted by Crippen LogP contribution is -2.32. The zero-order valence-corrected chi connectivity index (χ0v) is 13.7. The SMILES string of the molecule is c1ccc(CC2CCCN2c2ccc3nnc(C4CC4)n3n2)cc1. The maximum Gasteiger partial charge on any atom is 0.178 e. The first-order chi connectivity index (χ1) is 11.9. The lowest BCUT2D eigenvalue weighted by Gasteiger charge is -2.25. The Morgan fingerprint density at radius 1 is 0.958 bits per heavy atom. The third-order valence-electron chi connectivity index (χ3n) is 5.20. The largest absolute Gasteiger partial charge is 0.352 e. The summed E-state index contributed by atoms with van der Waals surface area (Å²) >= 11 is 0. The molecule has 1 aliphatic carbocycles. The van der Waals surface area contributed by atoms with Crippen LogP contribution < -0.4 is 4.90 Å². The van der Waals surface area contributed by atoms with E-state index in [0.29, 0.717) is 12.0 Å². The minimum atomic E-state index is 0.526. The Balaban J connectivity index is 1.45. The molecule has 0 radical (unpaired) electrons. The van der Waals surface area contributed by atoms with E-state index in [-0.39, 0.29) is 0 Å². The Kier molecular flexibility index (Phi) is 3.25. The van der Waals surface area contributed by atoms with Crippen LogP contribution in [0.3, 0.4) is 0 Å². The maximum absolute atomic E-state index is 4.89. The summed E-state index contributed by atoms with van der Waals surface area (Å²) in [6.07, 6.45) is 5.97. The van der Waals surface area contributed by atoms with Crippen molar-refractivity contribution in [2.24, 2.45) is 0 Å². The second kappa shape index (κ2) is 5.58. The highest BCUT2D eigenvalue weighted by Gasteiger charge is 2.30. The number of hydrogen-bond acceptors (Lipinski definition) is 4. The van der Waals surface area contributed by atoms with E-state index in [4.69, 9.17) is 5.10 Å². The Bertz CT molecular complexity index is 853. The van der Waals surface area contributed by atoms with Crippen molar-refractivity contribution in [2.75, 3.05) is 11.4 Å². The first-order valence-electron chi connectivity index (χ1n) is 8.91. The normalized spacial score (nSPS) is 20.8. The van der Waals surface area contributed by atoms with Gasteiger partial charge in [-0.25, -0.2) is 0 Å². The van der Waals surface area contributed by atoms with Gasteiger partial charge in [-0.05, 0) is 49.8 Å². The van der Waals surface area contributed by atoms with Gasteiger partial charge in [-0.1, -0.05) is 30.3 Å². The van der Waals surface area contributed by atoms with Gasteiger partial charge >= 0.3 is 0 Å². The highest BCUT2D eigenvalue weighted by molar-refractivity contribution is 5.48. The second-order valence-corrected chi connectivity index (χ2v) is 6.97. The van der Waals surface area contributed by atoms with Crippen molar-refractivity contribution >= 4 is 11.5 Å². The molecule has 0 N–H and O–H groups in total. The molecule has 2 fully saturated rings. The molecule has 1 aliphatic heterocycles. The monoisotopic (exact) mass is 319 g/mol. The van der Waals surface area contributed by atoms with Crippen LogP contribution in [0.1, 0.15) is 43.0 Å². The van der Waals surface area contributed by atoms with Crippen molar-refractivity contribution in [2.45, 2.75) is 44.1 Å². The molecule has 2 aromatic heterocycles. The summed E-state index contributed by atoms with van der Waals surface area (Å²) in [5.74, 6) is 2.65. The van der Waals surface area contributed by atoms with Crippen LogP contribution in [0.4, 0.5) is 5.82 Å². The predicted molar refractivity (Wildman–Crippen MR) is 93.3 cm³/mol. The molecular formula is C19H21N5. The highest BCUT2D eigenvalue weighted by Crippen LogP contribution is 2.39. The molecule has 3 heterocycles. The summed E-state index contributed by atoms with van der Waals surface area (Å²) in [5.41, 5.74) is 2.26. The zero-order valence-electron chi connectivity index (χ0n) is 13.7. The van der Waals surface area contributed by atoms with E-state index < -0.39 is 0 Å². The van der Waals surface area contributed by atoms with E-state index in [1.165, 1.54) is 31.2 Å². The molecule has 5 rings (SSSR count). The summed E-state index contributed by atoms with van der Waals surface area (Å²) in [7, 11) is 0. The van der Waals surface area contributed by atoms with Gasteiger partial charge in [0.15, 0.2) is 11.5 Å². The van der Waals surface area contributed by atoms with Crippen molar-refractivity contribution < 1.29 is 0 Å². The van der Waals surface area contributed by atoms with Gasteiger partial charge in [-0.15, -0.1) is 15.3 Å². The Labute approximate surface area is 141 Å². The number of fused-ring (bicyclic) bond motifs is 1. The summed E-state index contributed by atoms with van der Waals surface area (Å²) in [5, 5.41) is 13.5. The third-order valence-corrected chi connectivity index (χ3v) is 5.20. The lowest BCUT2D eigenvalue weighted by molar-refractivity contribution is 0.650. The van der Waals surface area contributed by atoms with Gasteiger partial charge in [0.25, 0.3) is 0 Å². The van der Waals surface area contributed by atoms with E-state index in [1.807, 2.05) is 4.52 Å². The Morgan fingerprint density at radius 3 is 2.67 bits per heavy atom. The summed E-state index contributed by atoms with van der Waals surface area (Å²) in [4.78, 5) is 2.46. The predicted octanol–water partition coefficient (Wildman–Crippen LogP) is 3.21. The molecule has 1 saturated carbocycles. The Hall–Kier alpha value is -2.43. The Morgan fingerprint density at radius 2 is 1.83 bits per heavy atom. The van der Waals surface area contributed by atoms with E-state index in [0.717, 1.165) is 30.3 Å². The summed E-state index contributed by atoms with van der Waals surface area (Å²) in [6, 6.07) is 15.4. The first kappa shape index (κ1) is 14.0. The maximum atomic E-state index is 4.89. The molecule has 1 atom stereocenters. The number of anilines is 1. The van der Waals surface area contributed by atoms with Gasteiger partial charge in [0, 0.05) is 18.5 Å². The molecule has 1 unspecified atom stereocenters. The van der Waals surface area contributed by atoms with Gasteiger partial charge in [-0.3, -0.25) is 0 Å². The number of benzene rings is 1. The molecule has 0 spiro atoms. The molecule has 122 valence electrons.